The van der Waals surface area contributed by atoms with Crippen LogP contribution in [0.2, 0.25) is 0 Å². The van der Waals surface area contributed by atoms with Gasteiger partial charge in [-0.05, 0) is 36.6 Å². The van der Waals surface area contributed by atoms with Crippen LogP contribution >= 0.6 is 11.8 Å². The Labute approximate surface area is 173 Å². The number of methoxy groups -OCH3 is 3. The van der Waals surface area contributed by atoms with Crippen molar-refractivity contribution in [3.63, 3.8) is 0 Å². The third-order valence-corrected chi connectivity index (χ3v) is 4.72. The van der Waals surface area contributed by atoms with Crippen molar-refractivity contribution < 1.29 is 33.6 Å². The van der Waals surface area contributed by atoms with Gasteiger partial charge in [-0.3, -0.25) is 4.79 Å². The number of thioether (sulfide) groups is 1. The molecule has 0 aliphatic rings. The van der Waals surface area contributed by atoms with Gasteiger partial charge in [0, 0.05) is 17.7 Å². The monoisotopic (exact) mass is 418 g/mol. The highest BCUT2D eigenvalue weighted by molar-refractivity contribution is 7.98. The lowest BCUT2D eigenvalue weighted by atomic mass is 10.1. The van der Waals surface area contributed by atoms with E-state index in [1.807, 2.05) is 6.26 Å². The van der Waals surface area contributed by atoms with Crippen LogP contribution in [0.4, 0.5) is 0 Å². The normalized spacial score (nSPS) is 10.6. The fourth-order valence-electron chi connectivity index (χ4n) is 2.52. The summed E-state index contributed by atoms with van der Waals surface area (Å²) in [4.78, 5) is 24.5. The number of rotatable bonds is 10. The molecule has 0 amide bonds. The minimum atomic E-state index is -1.14. The van der Waals surface area contributed by atoms with E-state index in [0.717, 1.165) is 4.90 Å². The first-order chi connectivity index (χ1) is 13.9. The molecule has 0 atom stereocenters. The van der Waals surface area contributed by atoms with Gasteiger partial charge in [0.05, 0.1) is 31.8 Å². The van der Waals surface area contributed by atoms with Gasteiger partial charge in [-0.25, -0.2) is 4.79 Å². The predicted molar refractivity (Wildman–Crippen MR) is 111 cm³/mol. The van der Waals surface area contributed by atoms with Crippen molar-refractivity contribution in [3.8, 4) is 23.0 Å². The van der Waals surface area contributed by atoms with E-state index in [2.05, 4.69) is 0 Å². The minimum absolute atomic E-state index is 0.137. The zero-order chi connectivity index (χ0) is 21.4. The molecule has 0 fully saturated rings. The Morgan fingerprint density at radius 2 is 1.72 bits per heavy atom. The van der Waals surface area contributed by atoms with Crippen LogP contribution in [0.15, 0.2) is 41.3 Å². The zero-order valence-corrected chi connectivity index (χ0v) is 17.4. The van der Waals surface area contributed by atoms with E-state index in [1.54, 1.807) is 37.5 Å². The first kappa shape index (κ1) is 22.2. The van der Waals surface area contributed by atoms with Crippen LogP contribution in [0.5, 0.6) is 23.0 Å². The first-order valence-corrected chi connectivity index (χ1v) is 9.71. The van der Waals surface area contributed by atoms with E-state index in [1.165, 1.54) is 38.1 Å². The lowest BCUT2D eigenvalue weighted by molar-refractivity contribution is -0.139. The second kappa shape index (κ2) is 10.4. The fourth-order valence-corrected chi connectivity index (χ4v) is 3.10. The van der Waals surface area contributed by atoms with Gasteiger partial charge in [-0.1, -0.05) is 0 Å². The van der Waals surface area contributed by atoms with Crippen molar-refractivity contribution in [2.24, 2.45) is 0 Å². The van der Waals surface area contributed by atoms with Gasteiger partial charge in [0.15, 0.2) is 12.4 Å². The summed E-state index contributed by atoms with van der Waals surface area (Å²) in [6.45, 7) is -0.571. The van der Waals surface area contributed by atoms with Crippen molar-refractivity contribution in [1.29, 1.82) is 0 Å². The van der Waals surface area contributed by atoms with Gasteiger partial charge < -0.3 is 24.1 Å². The van der Waals surface area contributed by atoms with Crippen LogP contribution < -0.4 is 18.9 Å². The Balaban J connectivity index is 2.40. The molecule has 8 heteroatoms. The summed E-state index contributed by atoms with van der Waals surface area (Å²) < 4.78 is 21.1. The Kier molecular flexibility index (Phi) is 7.97. The van der Waals surface area contributed by atoms with E-state index >= 15 is 0 Å². The Hall–Kier alpha value is -3.13. The van der Waals surface area contributed by atoms with Crippen molar-refractivity contribution in [2.45, 2.75) is 4.90 Å². The summed E-state index contributed by atoms with van der Waals surface area (Å²) in [7, 11) is 4.58. The number of benzene rings is 2. The Bertz CT molecular complexity index is 921. The summed E-state index contributed by atoms with van der Waals surface area (Å²) >= 11 is 1.40. The molecular weight excluding hydrogens is 396 g/mol. The maximum Gasteiger partial charge on any atom is 0.341 e. The van der Waals surface area contributed by atoms with Crippen molar-refractivity contribution >= 4 is 29.6 Å². The average molecular weight is 418 g/mol. The standard InChI is InChI=1S/C21H22O7S/c1-25-14-7-5-13(17(9-14)26-2)6-8-16(22)15-10-20(29-4)19(27-3)11-18(15)28-12-21(23)24/h5-11H,12H2,1-4H3,(H,23,24). The number of ether oxygens (including phenoxy) is 4. The summed E-state index contributed by atoms with van der Waals surface area (Å²) in [5.74, 6) is 0.328. The van der Waals surface area contributed by atoms with E-state index in [4.69, 9.17) is 24.1 Å². The molecule has 29 heavy (non-hydrogen) atoms. The topological polar surface area (TPSA) is 91.3 Å². The smallest absolute Gasteiger partial charge is 0.341 e. The van der Waals surface area contributed by atoms with E-state index in [0.29, 0.717) is 22.8 Å². The van der Waals surface area contributed by atoms with Gasteiger partial charge in [0.25, 0.3) is 0 Å². The van der Waals surface area contributed by atoms with Gasteiger partial charge in [0.1, 0.15) is 23.0 Å². The molecular formula is C21H22O7S. The lowest BCUT2D eigenvalue weighted by Gasteiger charge is -2.13. The van der Waals surface area contributed by atoms with Crippen molar-refractivity contribution in [2.75, 3.05) is 34.2 Å². The number of carbonyl (C=O) groups is 2. The Morgan fingerprint density at radius 3 is 2.31 bits per heavy atom. The van der Waals surface area contributed by atoms with E-state index in [9.17, 15) is 9.59 Å². The summed E-state index contributed by atoms with van der Waals surface area (Å²) in [6.07, 6.45) is 4.84. The van der Waals surface area contributed by atoms with Crippen LogP contribution in [-0.4, -0.2) is 51.1 Å². The molecule has 0 aromatic heterocycles. The molecule has 0 unspecified atom stereocenters. The maximum absolute atomic E-state index is 12.8. The molecule has 0 saturated carbocycles. The third kappa shape index (κ3) is 5.68. The van der Waals surface area contributed by atoms with Crippen LogP contribution in [-0.2, 0) is 4.79 Å². The molecule has 0 spiro atoms. The summed E-state index contributed by atoms with van der Waals surface area (Å²) in [5.41, 5.74) is 0.924. The molecule has 0 aliphatic heterocycles. The lowest BCUT2D eigenvalue weighted by Crippen LogP contribution is -2.12. The van der Waals surface area contributed by atoms with Crippen LogP contribution in [0.3, 0.4) is 0 Å². The molecule has 0 heterocycles. The summed E-state index contributed by atoms with van der Waals surface area (Å²) in [5, 5.41) is 8.90. The number of carboxylic acid groups (broad SMARTS) is 1. The maximum atomic E-state index is 12.8. The molecule has 7 nitrogen and oxygen atoms in total. The highest BCUT2D eigenvalue weighted by Crippen LogP contribution is 2.35. The van der Waals surface area contributed by atoms with Gasteiger partial charge >= 0.3 is 5.97 Å². The van der Waals surface area contributed by atoms with E-state index < -0.39 is 12.6 Å². The number of carbonyl (C=O) groups excluding carboxylic acids is 1. The molecule has 0 aliphatic carbocycles. The predicted octanol–water partition coefficient (Wildman–Crippen LogP) is 3.79. The van der Waals surface area contributed by atoms with Crippen LogP contribution in [0.1, 0.15) is 15.9 Å². The highest BCUT2D eigenvalue weighted by Gasteiger charge is 2.17. The quantitative estimate of drug-likeness (QED) is 0.354. The zero-order valence-electron chi connectivity index (χ0n) is 16.6. The fraction of sp³-hybridized carbons (Fsp3) is 0.238. The largest absolute Gasteiger partial charge is 0.497 e. The highest BCUT2D eigenvalue weighted by atomic mass is 32.2. The van der Waals surface area contributed by atoms with Gasteiger partial charge in [0.2, 0.25) is 0 Å². The Morgan fingerprint density at radius 1 is 1.00 bits per heavy atom. The SMILES string of the molecule is COc1ccc(C=CC(=O)c2cc(SC)c(OC)cc2OCC(=O)O)c(OC)c1. The van der Waals surface area contributed by atoms with Gasteiger partial charge in [-0.2, -0.15) is 0 Å². The molecule has 0 radical (unpaired) electrons. The number of hydrogen-bond donors (Lipinski definition) is 1. The number of hydrogen-bond acceptors (Lipinski definition) is 7. The second-order valence-electron chi connectivity index (χ2n) is 5.69. The van der Waals surface area contributed by atoms with Crippen LogP contribution in [0.25, 0.3) is 6.08 Å². The van der Waals surface area contributed by atoms with Gasteiger partial charge in [-0.15, -0.1) is 11.8 Å². The minimum Gasteiger partial charge on any atom is -0.497 e. The number of ketones is 1. The number of carboxylic acids is 1. The molecule has 2 rings (SSSR count). The molecule has 2 aromatic carbocycles. The summed E-state index contributed by atoms with van der Waals surface area (Å²) in [6, 6.07) is 8.38. The van der Waals surface area contributed by atoms with Crippen molar-refractivity contribution in [3.05, 3.63) is 47.5 Å². The first-order valence-electron chi connectivity index (χ1n) is 8.48. The molecule has 0 saturated heterocycles. The second-order valence-corrected chi connectivity index (χ2v) is 6.54. The number of aliphatic carboxylic acids is 1. The number of allylic oxidation sites excluding steroid dienone is 1. The van der Waals surface area contributed by atoms with Crippen LogP contribution in [0, 0.1) is 0 Å². The molecule has 154 valence electrons. The molecule has 0 bridgehead atoms. The van der Waals surface area contributed by atoms with E-state index in [-0.39, 0.29) is 17.1 Å². The van der Waals surface area contributed by atoms with Crippen molar-refractivity contribution in [1.82, 2.24) is 0 Å². The average Bonchev–Trinajstić information content (AvgIpc) is 2.74. The molecule has 2 aromatic rings. The third-order valence-electron chi connectivity index (χ3n) is 3.96. The molecule has 1 N–H and O–H groups in total.